The maximum atomic E-state index is 12.0. The van der Waals surface area contributed by atoms with Crippen LogP contribution >= 0.6 is 0 Å². The van der Waals surface area contributed by atoms with Gasteiger partial charge in [0.2, 0.25) is 0 Å². The Morgan fingerprint density at radius 3 is 1.91 bits per heavy atom. The highest BCUT2D eigenvalue weighted by Gasteiger charge is 2.57. The molecule has 0 aromatic carbocycles. The van der Waals surface area contributed by atoms with Crippen LogP contribution in [-0.4, -0.2) is 12.2 Å². The molecule has 2 atom stereocenters. The zero-order valence-electron chi connectivity index (χ0n) is 6.57. The first-order valence-electron chi connectivity index (χ1n) is 3.57. The van der Waals surface area contributed by atoms with Crippen LogP contribution in [-0.2, 0) is 0 Å². The van der Waals surface area contributed by atoms with Crippen LogP contribution in [0.1, 0.15) is 20.3 Å². The lowest BCUT2D eigenvalue weighted by atomic mass is 10.0. The van der Waals surface area contributed by atoms with Crippen molar-refractivity contribution in [2.45, 2.75) is 32.5 Å². The summed E-state index contributed by atoms with van der Waals surface area (Å²) >= 11 is 0. The third-order valence-corrected chi connectivity index (χ3v) is 2.40. The van der Waals surface area contributed by atoms with Gasteiger partial charge in [0, 0.05) is 0 Å². The van der Waals surface area contributed by atoms with Gasteiger partial charge in [-0.25, -0.2) is 0 Å². The summed E-state index contributed by atoms with van der Waals surface area (Å²) in [6.07, 6.45) is -3.63. The predicted octanol–water partition coefficient (Wildman–Crippen LogP) is 1.92. The molecule has 1 saturated carbocycles. The van der Waals surface area contributed by atoms with Gasteiger partial charge in [0.1, 0.15) is 6.04 Å². The molecule has 0 bridgehead atoms. The molecule has 0 aromatic heterocycles. The Balaban J connectivity index is 2.52. The van der Waals surface area contributed by atoms with Gasteiger partial charge in [-0.15, -0.1) is 0 Å². The molecule has 1 rings (SSSR count). The highest BCUT2D eigenvalue weighted by Crippen LogP contribution is 2.55. The minimum Gasteiger partial charge on any atom is -0.320 e. The molecule has 2 unspecified atom stereocenters. The monoisotopic (exact) mass is 167 g/mol. The molecule has 0 saturated heterocycles. The Morgan fingerprint density at radius 1 is 1.45 bits per heavy atom. The average Bonchev–Trinajstić information content (AvgIpc) is 2.36. The smallest absolute Gasteiger partial charge is 0.320 e. The molecular weight excluding hydrogens is 155 g/mol. The molecule has 1 fully saturated rings. The number of hydrogen-bond donors (Lipinski definition) is 1. The Morgan fingerprint density at radius 2 is 1.82 bits per heavy atom. The fourth-order valence-corrected chi connectivity index (χ4v) is 1.35. The van der Waals surface area contributed by atoms with Crippen molar-refractivity contribution in [1.29, 1.82) is 0 Å². The van der Waals surface area contributed by atoms with Crippen LogP contribution in [0.2, 0.25) is 0 Å². The lowest BCUT2D eigenvalue weighted by Crippen LogP contribution is -2.40. The molecule has 0 aliphatic heterocycles. The van der Waals surface area contributed by atoms with Crippen molar-refractivity contribution >= 4 is 0 Å². The van der Waals surface area contributed by atoms with Crippen molar-refractivity contribution in [2.75, 3.05) is 0 Å². The molecule has 0 radical (unpaired) electrons. The molecule has 1 aliphatic rings. The van der Waals surface area contributed by atoms with Gasteiger partial charge in [0.25, 0.3) is 0 Å². The van der Waals surface area contributed by atoms with E-state index in [1.54, 1.807) is 0 Å². The Hall–Kier alpha value is -0.250. The van der Waals surface area contributed by atoms with Crippen molar-refractivity contribution in [3.05, 3.63) is 0 Å². The first-order chi connectivity index (χ1) is 4.75. The average molecular weight is 167 g/mol. The first kappa shape index (κ1) is 8.84. The third kappa shape index (κ3) is 1.67. The van der Waals surface area contributed by atoms with E-state index in [1.165, 1.54) is 0 Å². The molecule has 0 aromatic rings. The normalized spacial score (nSPS) is 31.6. The molecule has 1 aliphatic carbocycles. The Kier molecular flexibility index (Phi) is 1.71. The topological polar surface area (TPSA) is 26.0 Å². The molecule has 4 heteroatoms. The second-order valence-electron chi connectivity index (χ2n) is 3.87. The van der Waals surface area contributed by atoms with Crippen molar-refractivity contribution in [2.24, 2.45) is 17.1 Å². The summed E-state index contributed by atoms with van der Waals surface area (Å²) in [4.78, 5) is 0. The van der Waals surface area contributed by atoms with Crippen LogP contribution < -0.4 is 5.73 Å². The SMILES string of the molecule is CC1(C)CC1C(N)C(F)(F)F. The van der Waals surface area contributed by atoms with Gasteiger partial charge in [-0.05, 0) is 17.8 Å². The van der Waals surface area contributed by atoms with E-state index >= 15 is 0 Å². The van der Waals surface area contributed by atoms with Crippen LogP contribution in [0.3, 0.4) is 0 Å². The highest BCUT2D eigenvalue weighted by molar-refractivity contribution is 5.02. The molecule has 66 valence electrons. The predicted molar refractivity (Wildman–Crippen MR) is 35.9 cm³/mol. The summed E-state index contributed by atoms with van der Waals surface area (Å²) in [5.74, 6) is -0.373. The van der Waals surface area contributed by atoms with Crippen molar-refractivity contribution < 1.29 is 13.2 Å². The number of alkyl halides is 3. The molecule has 0 spiro atoms. The van der Waals surface area contributed by atoms with E-state index in [2.05, 4.69) is 0 Å². The van der Waals surface area contributed by atoms with E-state index < -0.39 is 12.2 Å². The van der Waals surface area contributed by atoms with E-state index in [0.29, 0.717) is 6.42 Å². The Bertz CT molecular complexity index is 162. The zero-order valence-corrected chi connectivity index (χ0v) is 6.57. The first-order valence-corrected chi connectivity index (χ1v) is 3.57. The summed E-state index contributed by atoms with van der Waals surface area (Å²) in [5.41, 5.74) is 4.81. The largest absolute Gasteiger partial charge is 0.403 e. The molecule has 0 amide bonds. The lowest BCUT2D eigenvalue weighted by molar-refractivity contribution is -0.153. The summed E-state index contributed by atoms with van der Waals surface area (Å²) in [6.45, 7) is 3.62. The van der Waals surface area contributed by atoms with E-state index in [4.69, 9.17) is 5.73 Å². The summed E-state index contributed by atoms with van der Waals surface area (Å²) < 4.78 is 35.9. The van der Waals surface area contributed by atoms with Gasteiger partial charge < -0.3 is 5.73 Å². The number of nitrogens with two attached hydrogens (primary N) is 1. The van der Waals surface area contributed by atoms with Crippen LogP contribution in [0.15, 0.2) is 0 Å². The van der Waals surface area contributed by atoms with E-state index in [9.17, 15) is 13.2 Å². The fraction of sp³-hybridized carbons (Fsp3) is 1.00. The highest BCUT2D eigenvalue weighted by atomic mass is 19.4. The van der Waals surface area contributed by atoms with Crippen LogP contribution in [0.4, 0.5) is 13.2 Å². The van der Waals surface area contributed by atoms with Crippen molar-refractivity contribution in [3.63, 3.8) is 0 Å². The van der Waals surface area contributed by atoms with E-state index in [0.717, 1.165) is 0 Å². The van der Waals surface area contributed by atoms with Crippen molar-refractivity contribution in [1.82, 2.24) is 0 Å². The summed E-state index contributed by atoms with van der Waals surface area (Å²) in [7, 11) is 0. The summed E-state index contributed by atoms with van der Waals surface area (Å²) in [5, 5.41) is 0. The third-order valence-electron chi connectivity index (χ3n) is 2.40. The van der Waals surface area contributed by atoms with Crippen LogP contribution in [0.25, 0.3) is 0 Å². The zero-order chi connectivity index (χ0) is 8.86. The van der Waals surface area contributed by atoms with Gasteiger partial charge >= 0.3 is 6.18 Å². The Labute approximate surface area is 63.8 Å². The van der Waals surface area contributed by atoms with Gasteiger partial charge in [-0.2, -0.15) is 13.2 Å². The molecular formula is C7H12F3N. The van der Waals surface area contributed by atoms with Crippen LogP contribution in [0.5, 0.6) is 0 Å². The summed E-state index contributed by atoms with van der Waals surface area (Å²) in [6, 6.07) is -1.63. The van der Waals surface area contributed by atoms with Gasteiger partial charge in [-0.3, -0.25) is 0 Å². The molecule has 1 nitrogen and oxygen atoms in total. The minimum absolute atomic E-state index is 0.199. The maximum Gasteiger partial charge on any atom is 0.403 e. The second-order valence-corrected chi connectivity index (χ2v) is 3.87. The van der Waals surface area contributed by atoms with Crippen molar-refractivity contribution in [3.8, 4) is 0 Å². The van der Waals surface area contributed by atoms with Gasteiger partial charge in [-0.1, -0.05) is 13.8 Å². The fourth-order valence-electron chi connectivity index (χ4n) is 1.35. The number of rotatable bonds is 1. The number of hydrogen-bond acceptors (Lipinski definition) is 1. The van der Waals surface area contributed by atoms with E-state index in [1.807, 2.05) is 13.8 Å². The van der Waals surface area contributed by atoms with Crippen LogP contribution in [0, 0.1) is 11.3 Å². The second kappa shape index (κ2) is 2.12. The molecule has 11 heavy (non-hydrogen) atoms. The van der Waals surface area contributed by atoms with Gasteiger partial charge in [0.15, 0.2) is 0 Å². The van der Waals surface area contributed by atoms with Gasteiger partial charge in [0.05, 0.1) is 0 Å². The maximum absolute atomic E-state index is 12.0. The van der Waals surface area contributed by atoms with E-state index in [-0.39, 0.29) is 11.3 Å². The standard InChI is InChI=1S/C7H12F3N/c1-6(2)3-4(6)5(11)7(8,9)10/h4-5H,3,11H2,1-2H3. The number of halogens is 3. The lowest BCUT2D eigenvalue weighted by Gasteiger charge is -2.16. The minimum atomic E-state index is -4.22. The quantitative estimate of drug-likeness (QED) is 0.634. The molecule has 0 heterocycles. The molecule has 2 N–H and O–H groups in total.